The number of aromatic nitrogens is 1. The number of para-hydroxylation sites is 2. The monoisotopic (exact) mass is 647 g/mol. The van der Waals surface area contributed by atoms with Gasteiger partial charge < -0.3 is 8.98 Å². The van der Waals surface area contributed by atoms with Crippen molar-refractivity contribution in [3.8, 4) is 33.5 Å². The third-order valence-electron chi connectivity index (χ3n) is 9.39. The van der Waals surface area contributed by atoms with Crippen LogP contribution >= 0.6 is 7.14 Å². The molecule has 0 aliphatic rings. The fourth-order valence-electron chi connectivity index (χ4n) is 6.96. The van der Waals surface area contributed by atoms with Crippen molar-refractivity contribution >= 4 is 55.9 Å². The van der Waals surface area contributed by atoms with Gasteiger partial charge >= 0.3 is 0 Å². The van der Waals surface area contributed by atoms with E-state index in [-0.39, 0.29) is 0 Å². The van der Waals surface area contributed by atoms with E-state index in [1.165, 1.54) is 0 Å². The number of hydrogen-bond acceptors (Lipinski definition) is 3. The molecule has 4 heteroatoms. The van der Waals surface area contributed by atoms with E-state index in [4.69, 9.17) is 9.40 Å². The Labute approximate surface area is 284 Å². The second-order valence-corrected chi connectivity index (χ2v) is 15.0. The van der Waals surface area contributed by atoms with Crippen LogP contribution in [0.4, 0.5) is 0 Å². The average Bonchev–Trinajstić information content (AvgIpc) is 3.58. The quantitative estimate of drug-likeness (QED) is 0.169. The first-order valence-corrected chi connectivity index (χ1v) is 18.1. The van der Waals surface area contributed by atoms with Gasteiger partial charge in [0.25, 0.3) is 0 Å². The molecule has 0 saturated carbocycles. The van der Waals surface area contributed by atoms with Crippen LogP contribution in [0.3, 0.4) is 0 Å². The van der Waals surface area contributed by atoms with Crippen LogP contribution in [0.5, 0.6) is 0 Å². The van der Waals surface area contributed by atoms with Gasteiger partial charge in [0, 0.05) is 43.2 Å². The van der Waals surface area contributed by atoms with Crippen molar-refractivity contribution in [1.82, 2.24) is 4.98 Å². The van der Waals surface area contributed by atoms with Crippen molar-refractivity contribution in [3.63, 3.8) is 0 Å². The molecule has 49 heavy (non-hydrogen) atoms. The van der Waals surface area contributed by atoms with Crippen molar-refractivity contribution in [3.05, 3.63) is 182 Å². The van der Waals surface area contributed by atoms with Crippen LogP contribution in [0.25, 0.3) is 66.4 Å². The number of rotatable bonds is 6. The standard InChI is InChI=1S/C45H30NO2P/c47-49(35-15-6-2-7-16-35,36-17-8-3-9-18-36)37-29-27-32(28-30-37)31-23-25-33(26-24-31)38-20-12-21-40-42-39-19-10-11-22-41(39)48-45(42)43(46-44(38)40)34-13-4-1-5-14-34/h1-30H. The minimum absolute atomic E-state index is 0.805. The van der Waals surface area contributed by atoms with Gasteiger partial charge in [-0.3, -0.25) is 0 Å². The van der Waals surface area contributed by atoms with Crippen molar-refractivity contribution in [2.24, 2.45) is 0 Å². The number of nitrogens with zero attached hydrogens (tertiary/aromatic N) is 1. The zero-order chi connectivity index (χ0) is 32.8. The summed E-state index contributed by atoms with van der Waals surface area (Å²) < 4.78 is 21.3. The number of furan rings is 1. The van der Waals surface area contributed by atoms with Crippen LogP contribution in [-0.2, 0) is 4.57 Å². The molecule has 9 rings (SSSR count). The molecule has 2 heterocycles. The van der Waals surface area contributed by atoms with E-state index in [1.54, 1.807) is 0 Å². The van der Waals surface area contributed by atoms with Crippen molar-refractivity contribution in [2.75, 3.05) is 0 Å². The highest BCUT2D eigenvalue weighted by molar-refractivity contribution is 7.85. The summed E-state index contributed by atoms with van der Waals surface area (Å²) in [7, 11) is -3.03. The second kappa shape index (κ2) is 11.9. The Morgan fingerprint density at radius 1 is 0.429 bits per heavy atom. The van der Waals surface area contributed by atoms with Gasteiger partial charge in [-0.05, 0) is 22.8 Å². The van der Waals surface area contributed by atoms with Gasteiger partial charge in [-0.2, -0.15) is 0 Å². The summed E-state index contributed by atoms with van der Waals surface area (Å²) in [6.07, 6.45) is 0. The Bertz CT molecular complexity index is 2600. The van der Waals surface area contributed by atoms with E-state index in [9.17, 15) is 4.57 Å². The van der Waals surface area contributed by atoms with Crippen LogP contribution in [0, 0.1) is 0 Å². The molecule has 0 radical (unpaired) electrons. The zero-order valence-corrected chi connectivity index (χ0v) is 27.4. The first-order chi connectivity index (χ1) is 24.2. The van der Waals surface area contributed by atoms with Crippen LogP contribution in [0.1, 0.15) is 0 Å². The zero-order valence-electron chi connectivity index (χ0n) is 26.5. The molecule has 0 aliphatic heterocycles. The summed E-state index contributed by atoms with van der Waals surface area (Å²) in [6.45, 7) is 0. The third kappa shape index (κ3) is 4.90. The predicted molar refractivity (Wildman–Crippen MR) is 205 cm³/mol. The molecule has 0 amide bonds. The maximum atomic E-state index is 14.8. The lowest BCUT2D eigenvalue weighted by Gasteiger charge is -2.20. The maximum Gasteiger partial charge on any atom is 0.171 e. The van der Waals surface area contributed by atoms with E-state index in [0.29, 0.717) is 0 Å². The van der Waals surface area contributed by atoms with Gasteiger partial charge in [0.1, 0.15) is 11.3 Å². The Morgan fingerprint density at radius 2 is 0.939 bits per heavy atom. The molecule has 0 fully saturated rings. The van der Waals surface area contributed by atoms with Gasteiger partial charge in [0.05, 0.1) is 5.52 Å². The molecule has 0 spiro atoms. The molecule has 2 aromatic heterocycles. The smallest absolute Gasteiger partial charge is 0.171 e. The van der Waals surface area contributed by atoms with E-state index in [1.807, 2.05) is 103 Å². The van der Waals surface area contributed by atoms with Gasteiger partial charge in [0.2, 0.25) is 0 Å². The summed E-state index contributed by atoms with van der Waals surface area (Å²) >= 11 is 0. The van der Waals surface area contributed by atoms with Gasteiger partial charge in [-0.25, -0.2) is 4.98 Å². The second-order valence-electron chi connectivity index (χ2n) is 12.2. The van der Waals surface area contributed by atoms with Gasteiger partial charge in [-0.15, -0.1) is 0 Å². The summed E-state index contributed by atoms with van der Waals surface area (Å²) in [4.78, 5) is 5.29. The highest BCUT2D eigenvalue weighted by atomic mass is 31.2. The molecule has 0 N–H and O–H groups in total. The fraction of sp³-hybridized carbons (Fsp3) is 0. The van der Waals surface area contributed by atoms with Crippen LogP contribution in [-0.4, -0.2) is 4.98 Å². The van der Waals surface area contributed by atoms with E-state index < -0.39 is 7.14 Å². The number of hydrogen-bond donors (Lipinski definition) is 0. The van der Waals surface area contributed by atoms with Crippen molar-refractivity contribution < 1.29 is 8.98 Å². The minimum Gasteiger partial charge on any atom is -0.454 e. The molecule has 9 aromatic rings. The molecular weight excluding hydrogens is 617 g/mol. The maximum absolute atomic E-state index is 14.8. The molecule has 0 atom stereocenters. The number of pyridine rings is 1. The third-order valence-corrected chi connectivity index (χ3v) is 12.5. The number of fused-ring (bicyclic) bond motifs is 5. The fourth-order valence-corrected chi connectivity index (χ4v) is 9.61. The summed E-state index contributed by atoms with van der Waals surface area (Å²) in [5, 5.41) is 5.72. The topological polar surface area (TPSA) is 43.1 Å². The Kier molecular flexibility index (Phi) is 7.08. The van der Waals surface area contributed by atoms with Crippen LogP contribution in [0.2, 0.25) is 0 Å². The van der Waals surface area contributed by atoms with E-state index in [0.717, 1.165) is 82.3 Å². The lowest BCUT2D eigenvalue weighted by molar-refractivity contribution is 0.592. The van der Waals surface area contributed by atoms with Crippen molar-refractivity contribution in [1.29, 1.82) is 0 Å². The van der Waals surface area contributed by atoms with Gasteiger partial charge in [0.15, 0.2) is 12.7 Å². The van der Waals surface area contributed by atoms with Gasteiger partial charge in [-0.1, -0.05) is 176 Å². The molecule has 0 aliphatic carbocycles. The Balaban J connectivity index is 1.13. The first kappa shape index (κ1) is 29.1. The summed E-state index contributed by atoms with van der Waals surface area (Å²) in [5.41, 5.74) is 8.77. The SMILES string of the molecule is O=P(c1ccccc1)(c1ccccc1)c1ccc(-c2ccc(-c3cccc4c3nc(-c3ccccc3)c3oc5ccccc5c34)cc2)cc1. The molecule has 3 nitrogen and oxygen atoms in total. The highest BCUT2D eigenvalue weighted by Gasteiger charge is 2.29. The molecule has 0 unspecified atom stereocenters. The summed E-state index contributed by atoms with van der Waals surface area (Å²) in [6, 6.07) is 61.3. The molecular formula is C45H30NO2P. The lowest BCUT2D eigenvalue weighted by atomic mass is 9.96. The highest BCUT2D eigenvalue weighted by Crippen LogP contribution is 2.44. The Hall–Kier alpha value is -6.02. The minimum atomic E-state index is -3.03. The van der Waals surface area contributed by atoms with E-state index in [2.05, 4.69) is 78.9 Å². The van der Waals surface area contributed by atoms with Crippen LogP contribution in [0.15, 0.2) is 186 Å². The van der Waals surface area contributed by atoms with Crippen LogP contribution < -0.4 is 15.9 Å². The molecule has 7 aromatic carbocycles. The van der Waals surface area contributed by atoms with E-state index >= 15 is 0 Å². The largest absolute Gasteiger partial charge is 0.454 e. The Morgan fingerprint density at radius 3 is 1.59 bits per heavy atom. The number of benzene rings is 7. The molecule has 0 saturated heterocycles. The normalized spacial score (nSPS) is 11.8. The summed E-state index contributed by atoms with van der Waals surface area (Å²) in [5.74, 6) is 0. The average molecular weight is 648 g/mol. The van der Waals surface area contributed by atoms with Crippen molar-refractivity contribution in [2.45, 2.75) is 0 Å². The lowest BCUT2D eigenvalue weighted by Crippen LogP contribution is -2.24. The molecule has 0 bridgehead atoms. The first-order valence-electron chi connectivity index (χ1n) is 16.4. The molecule has 232 valence electrons. The predicted octanol–water partition coefficient (Wildman–Crippen LogP) is 10.8.